The lowest BCUT2D eigenvalue weighted by Crippen LogP contribution is -2.71. The van der Waals surface area contributed by atoms with Crippen molar-refractivity contribution in [2.24, 2.45) is 16.2 Å². The van der Waals surface area contributed by atoms with Gasteiger partial charge in [0.15, 0.2) is 0 Å². The zero-order valence-corrected chi connectivity index (χ0v) is 18.4. The van der Waals surface area contributed by atoms with Gasteiger partial charge in [0.1, 0.15) is 16.8 Å². The molecule has 30 heavy (non-hydrogen) atoms. The average Bonchev–Trinajstić information content (AvgIpc) is 3.13. The molecule has 1 saturated carbocycles. The maximum atomic E-state index is 13.2. The number of methoxy groups -OCH3 is 1. The molecule has 5 atom stereocenters. The van der Waals surface area contributed by atoms with Crippen molar-refractivity contribution in [1.82, 2.24) is 0 Å². The van der Waals surface area contributed by atoms with Gasteiger partial charge >= 0.3 is 10.1 Å². The fourth-order valence-corrected chi connectivity index (χ4v) is 7.12. The number of aliphatic hydroxyl groups excluding tert-OH is 1. The molecule has 7 heteroatoms. The molecule has 1 saturated heterocycles. The first kappa shape index (κ1) is 20.0. The van der Waals surface area contributed by atoms with Crippen LogP contribution in [0.5, 0.6) is 0 Å². The standard InChI is InChI=1S/C23H26O6S/c1-14-6-9-16(10-7-14)30(25,26)29-18-12-22-15(2)8-11-17(22)20(3)13-28-23(27-5,19(22)24)21(18,20)4/h6-7,9-12,19,24H,2,8,13H2,1,3-5H3/t19?,20?,21?,22-,23?/m1/s1. The largest absolute Gasteiger partial charge is 0.386 e. The van der Waals surface area contributed by atoms with Gasteiger partial charge in [-0.15, -0.1) is 0 Å². The number of ether oxygens (including phenoxy) is 2. The van der Waals surface area contributed by atoms with Gasteiger partial charge in [0.25, 0.3) is 0 Å². The fourth-order valence-electron chi connectivity index (χ4n) is 6.11. The molecule has 6 nitrogen and oxygen atoms in total. The molecule has 2 fully saturated rings. The van der Waals surface area contributed by atoms with E-state index in [1.807, 2.05) is 20.8 Å². The third kappa shape index (κ3) is 1.89. The summed E-state index contributed by atoms with van der Waals surface area (Å²) in [6.07, 6.45) is 3.36. The van der Waals surface area contributed by atoms with Gasteiger partial charge in [-0.2, -0.15) is 8.42 Å². The van der Waals surface area contributed by atoms with Crippen molar-refractivity contribution >= 4 is 10.1 Å². The Morgan fingerprint density at radius 3 is 2.53 bits per heavy atom. The predicted molar refractivity (Wildman–Crippen MR) is 110 cm³/mol. The smallest absolute Gasteiger partial charge is 0.338 e. The van der Waals surface area contributed by atoms with Crippen LogP contribution in [0.15, 0.2) is 64.8 Å². The molecule has 1 heterocycles. The highest BCUT2D eigenvalue weighted by Crippen LogP contribution is 2.78. The van der Waals surface area contributed by atoms with Crippen LogP contribution in [0.4, 0.5) is 0 Å². The van der Waals surface area contributed by atoms with E-state index in [0.29, 0.717) is 6.42 Å². The van der Waals surface area contributed by atoms with Gasteiger partial charge in [-0.25, -0.2) is 0 Å². The summed E-state index contributed by atoms with van der Waals surface area (Å²) in [4.78, 5) is 0.0722. The van der Waals surface area contributed by atoms with Crippen LogP contribution in [0.1, 0.15) is 25.8 Å². The van der Waals surface area contributed by atoms with E-state index in [2.05, 4.69) is 12.7 Å². The van der Waals surface area contributed by atoms with Crippen LogP contribution >= 0.6 is 0 Å². The highest BCUT2D eigenvalue weighted by Gasteiger charge is 2.83. The molecule has 0 amide bonds. The Labute approximate surface area is 177 Å². The van der Waals surface area contributed by atoms with E-state index < -0.39 is 38.3 Å². The van der Waals surface area contributed by atoms with Crippen molar-refractivity contribution in [3.8, 4) is 0 Å². The Hall–Kier alpha value is -1.93. The molecular weight excluding hydrogens is 404 g/mol. The number of hydrogen-bond acceptors (Lipinski definition) is 6. The highest BCUT2D eigenvalue weighted by molar-refractivity contribution is 7.86. The van der Waals surface area contributed by atoms with Crippen molar-refractivity contribution in [3.63, 3.8) is 0 Å². The normalized spacial score (nSPS) is 41.5. The molecule has 1 aromatic carbocycles. The van der Waals surface area contributed by atoms with Gasteiger partial charge in [0.2, 0.25) is 5.79 Å². The molecule has 4 unspecified atom stereocenters. The zero-order chi connectivity index (χ0) is 21.7. The van der Waals surface area contributed by atoms with Crippen LogP contribution in [-0.4, -0.2) is 39.1 Å². The minimum absolute atomic E-state index is 0.0722. The number of benzene rings is 1. The summed E-state index contributed by atoms with van der Waals surface area (Å²) in [6, 6.07) is 6.51. The topological polar surface area (TPSA) is 82.1 Å². The lowest BCUT2D eigenvalue weighted by molar-refractivity contribution is -0.315. The van der Waals surface area contributed by atoms with E-state index in [1.165, 1.54) is 19.2 Å². The lowest BCUT2D eigenvalue weighted by atomic mass is 9.42. The summed E-state index contributed by atoms with van der Waals surface area (Å²) >= 11 is 0. The van der Waals surface area contributed by atoms with Crippen molar-refractivity contribution in [3.05, 3.63) is 65.5 Å². The molecule has 1 spiro atoms. The molecule has 0 radical (unpaired) electrons. The minimum atomic E-state index is -4.10. The second kappa shape index (κ2) is 5.65. The molecule has 1 aromatic rings. The van der Waals surface area contributed by atoms with Crippen LogP contribution in [0.25, 0.3) is 0 Å². The first-order chi connectivity index (χ1) is 14.0. The van der Waals surface area contributed by atoms with Gasteiger partial charge in [0, 0.05) is 12.5 Å². The second-order valence-electron chi connectivity index (χ2n) is 9.17. The number of rotatable bonds is 4. The Morgan fingerprint density at radius 2 is 1.90 bits per heavy atom. The van der Waals surface area contributed by atoms with Gasteiger partial charge in [0.05, 0.1) is 17.4 Å². The molecular formula is C23H26O6S. The van der Waals surface area contributed by atoms with Crippen LogP contribution in [0, 0.1) is 23.2 Å². The van der Waals surface area contributed by atoms with Crippen molar-refractivity contribution in [1.29, 1.82) is 0 Å². The zero-order valence-electron chi connectivity index (χ0n) is 17.6. The average molecular weight is 431 g/mol. The summed E-state index contributed by atoms with van der Waals surface area (Å²) < 4.78 is 44.1. The minimum Gasteiger partial charge on any atom is -0.386 e. The molecule has 160 valence electrons. The molecule has 5 aliphatic rings. The summed E-state index contributed by atoms with van der Waals surface area (Å²) in [5, 5.41) is 11.5. The number of allylic oxidation sites excluding steroid dienone is 1. The second-order valence-corrected chi connectivity index (χ2v) is 10.7. The van der Waals surface area contributed by atoms with Crippen molar-refractivity contribution in [2.45, 2.75) is 44.0 Å². The van der Waals surface area contributed by atoms with Crippen LogP contribution in [0.3, 0.4) is 0 Å². The number of aliphatic hydroxyl groups is 1. The summed E-state index contributed by atoms with van der Waals surface area (Å²) in [5.74, 6) is -1.21. The van der Waals surface area contributed by atoms with Crippen LogP contribution in [-0.2, 0) is 23.8 Å². The molecule has 1 aliphatic heterocycles. The first-order valence-electron chi connectivity index (χ1n) is 10.0. The Balaban J connectivity index is 1.73. The summed E-state index contributed by atoms with van der Waals surface area (Å²) in [7, 11) is -2.62. The van der Waals surface area contributed by atoms with Crippen LogP contribution in [0.2, 0.25) is 0 Å². The molecule has 1 N–H and O–H groups in total. The van der Waals surface area contributed by atoms with E-state index in [4.69, 9.17) is 13.7 Å². The Morgan fingerprint density at radius 1 is 1.23 bits per heavy atom. The van der Waals surface area contributed by atoms with E-state index in [9.17, 15) is 13.5 Å². The lowest BCUT2D eigenvalue weighted by Gasteiger charge is -2.63. The van der Waals surface area contributed by atoms with Gasteiger partial charge in [-0.1, -0.05) is 42.8 Å². The SMILES string of the molecule is C=C1CC=C2C3(C)COC4(OC)C(O)[C@]12C=C(OS(=O)(=O)c1ccc(C)cc1)C34C. The van der Waals surface area contributed by atoms with Gasteiger partial charge < -0.3 is 18.8 Å². The third-order valence-electron chi connectivity index (χ3n) is 8.01. The van der Waals surface area contributed by atoms with Gasteiger partial charge in [-0.3, -0.25) is 0 Å². The van der Waals surface area contributed by atoms with Gasteiger partial charge in [-0.05, 0) is 44.1 Å². The maximum absolute atomic E-state index is 13.2. The quantitative estimate of drug-likeness (QED) is 0.583. The first-order valence-corrected chi connectivity index (χ1v) is 11.4. The van der Waals surface area contributed by atoms with E-state index in [0.717, 1.165) is 16.7 Å². The molecule has 6 rings (SSSR count). The molecule has 4 bridgehead atoms. The van der Waals surface area contributed by atoms with E-state index in [-0.39, 0.29) is 17.3 Å². The highest BCUT2D eigenvalue weighted by atomic mass is 32.2. The Bertz CT molecular complexity index is 1130. The Kier molecular flexibility index (Phi) is 3.77. The maximum Gasteiger partial charge on any atom is 0.338 e. The number of aryl methyl sites for hydroxylation is 1. The monoisotopic (exact) mass is 430 g/mol. The number of hydrogen-bond donors (Lipinski definition) is 1. The molecule has 0 aromatic heterocycles. The van der Waals surface area contributed by atoms with Crippen LogP contribution < -0.4 is 0 Å². The van der Waals surface area contributed by atoms with E-state index >= 15 is 0 Å². The summed E-state index contributed by atoms with van der Waals surface area (Å²) in [6.45, 7) is 10.2. The molecule has 4 aliphatic carbocycles. The van der Waals surface area contributed by atoms with E-state index in [1.54, 1.807) is 18.2 Å². The fraction of sp³-hybridized carbons (Fsp3) is 0.478. The third-order valence-corrected chi connectivity index (χ3v) is 9.26. The van der Waals surface area contributed by atoms with Crippen molar-refractivity contribution in [2.75, 3.05) is 13.7 Å². The predicted octanol–water partition coefficient (Wildman–Crippen LogP) is 3.23. The van der Waals surface area contributed by atoms with Crippen molar-refractivity contribution < 1.29 is 27.2 Å². The summed E-state index contributed by atoms with van der Waals surface area (Å²) in [5.41, 5.74) is 0.0859.